The average Bonchev–Trinajstić information content (AvgIpc) is 2.34. The number of hydrogen-bond acceptors (Lipinski definition) is 1. The summed E-state index contributed by atoms with van der Waals surface area (Å²) in [5.41, 5.74) is 1.32. The molecule has 1 N–H and O–H groups in total. The molecular formula is C16H25Br2N. The van der Waals surface area contributed by atoms with Crippen LogP contribution < -0.4 is 5.32 Å². The molecule has 1 aromatic carbocycles. The molecular weight excluding hydrogens is 366 g/mol. The molecule has 0 fully saturated rings. The lowest BCUT2D eigenvalue weighted by Crippen LogP contribution is -2.29. The van der Waals surface area contributed by atoms with Crippen molar-refractivity contribution in [2.75, 3.05) is 0 Å². The first-order chi connectivity index (χ1) is 9.04. The van der Waals surface area contributed by atoms with E-state index in [4.69, 9.17) is 0 Å². The third-order valence-corrected chi connectivity index (χ3v) is 4.63. The molecule has 2 unspecified atom stereocenters. The van der Waals surface area contributed by atoms with E-state index in [1.54, 1.807) is 0 Å². The molecule has 0 aliphatic rings. The Balaban J connectivity index is 2.43. The van der Waals surface area contributed by atoms with Crippen LogP contribution >= 0.6 is 31.9 Å². The minimum absolute atomic E-state index is 0.378. The molecule has 1 aromatic rings. The summed E-state index contributed by atoms with van der Waals surface area (Å²) in [5.74, 6) is 0. The van der Waals surface area contributed by atoms with Crippen LogP contribution in [0.1, 0.15) is 64.5 Å². The van der Waals surface area contributed by atoms with Crippen LogP contribution in [-0.2, 0) is 0 Å². The van der Waals surface area contributed by atoms with Crippen LogP contribution in [0.5, 0.6) is 0 Å². The van der Waals surface area contributed by atoms with Crippen molar-refractivity contribution in [1.29, 1.82) is 0 Å². The number of benzene rings is 1. The zero-order chi connectivity index (χ0) is 14.3. The van der Waals surface area contributed by atoms with Crippen molar-refractivity contribution in [2.24, 2.45) is 0 Å². The third-order valence-electron chi connectivity index (χ3n) is 3.45. The van der Waals surface area contributed by atoms with Crippen molar-refractivity contribution in [3.63, 3.8) is 0 Å². The predicted molar refractivity (Wildman–Crippen MR) is 91.6 cm³/mol. The van der Waals surface area contributed by atoms with Gasteiger partial charge >= 0.3 is 0 Å². The Morgan fingerprint density at radius 1 is 1.11 bits per heavy atom. The quantitative estimate of drug-likeness (QED) is 0.519. The van der Waals surface area contributed by atoms with E-state index >= 15 is 0 Å². The van der Waals surface area contributed by atoms with E-state index in [2.05, 4.69) is 76.1 Å². The van der Waals surface area contributed by atoms with Crippen LogP contribution in [-0.4, -0.2) is 6.04 Å². The van der Waals surface area contributed by atoms with Crippen molar-refractivity contribution in [3.05, 3.63) is 32.7 Å². The Hall–Kier alpha value is 0.140. The topological polar surface area (TPSA) is 12.0 Å². The van der Waals surface area contributed by atoms with Gasteiger partial charge in [-0.1, -0.05) is 70.5 Å². The number of halogens is 2. The second-order valence-electron chi connectivity index (χ2n) is 5.30. The minimum atomic E-state index is 0.378. The third kappa shape index (κ3) is 6.42. The molecule has 108 valence electrons. The molecule has 0 saturated carbocycles. The largest absolute Gasteiger partial charge is 0.308 e. The number of hydrogen-bond donors (Lipinski definition) is 1. The SMILES string of the molecule is CCCCCCC(C)NC(C)c1ccc(Br)cc1Br. The summed E-state index contributed by atoms with van der Waals surface area (Å²) < 4.78 is 2.28. The highest BCUT2D eigenvalue weighted by Gasteiger charge is 2.12. The highest BCUT2D eigenvalue weighted by molar-refractivity contribution is 9.11. The van der Waals surface area contributed by atoms with E-state index < -0.39 is 0 Å². The van der Waals surface area contributed by atoms with E-state index in [0.717, 1.165) is 4.47 Å². The number of unbranched alkanes of at least 4 members (excludes halogenated alkanes) is 3. The molecule has 2 atom stereocenters. The minimum Gasteiger partial charge on any atom is -0.308 e. The molecule has 19 heavy (non-hydrogen) atoms. The van der Waals surface area contributed by atoms with Crippen molar-refractivity contribution >= 4 is 31.9 Å². The van der Waals surface area contributed by atoms with E-state index in [1.807, 2.05) is 0 Å². The van der Waals surface area contributed by atoms with Crippen molar-refractivity contribution in [1.82, 2.24) is 5.32 Å². The maximum absolute atomic E-state index is 3.69. The summed E-state index contributed by atoms with van der Waals surface area (Å²) >= 11 is 7.14. The highest BCUT2D eigenvalue weighted by atomic mass is 79.9. The van der Waals surface area contributed by atoms with Gasteiger partial charge in [-0.05, 0) is 38.0 Å². The van der Waals surface area contributed by atoms with Crippen LogP contribution in [0, 0.1) is 0 Å². The van der Waals surface area contributed by atoms with Gasteiger partial charge in [0.25, 0.3) is 0 Å². The van der Waals surface area contributed by atoms with Gasteiger partial charge in [-0.3, -0.25) is 0 Å². The van der Waals surface area contributed by atoms with Crippen molar-refractivity contribution < 1.29 is 0 Å². The monoisotopic (exact) mass is 389 g/mol. The second kappa shape index (κ2) is 9.15. The van der Waals surface area contributed by atoms with Crippen molar-refractivity contribution in [3.8, 4) is 0 Å². The molecule has 1 nitrogen and oxygen atoms in total. The van der Waals surface area contributed by atoms with Gasteiger partial charge in [-0.2, -0.15) is 0 Å². The normalized spacial score (nSPS) is 14.4. The predicted octanol–water partition coefficient (Wildman–Crippen LogP) is 6.22. The highest BCUT2D eigenvalue weighted by Crippen LogP contribution is 2.27. The van der Waals surface area contributed by atoms with Gasteiger partial charge in [0.1, 0.15) is 0 Å². The molecule has 0 aliphatic carbocycles. The summed E-state index contributed by atoms with van der Waals surface area (Å²) in [4.78, 5) is 0. The molecule has 0 aromatic heterocycles. The molecule has 0 saturated heterocycles. The first-order valence-electron chi connectivity index (χ1n) is 7.25. The Morgan fingerprint density at radius 2 is 1.84 bits per heavy atom. The first kappa shape index (κ1) is 17.2. The lowest BCUT2D eigenvalue weighted by atomic mass is 10.0. The van der Waals surface area contributed by atoms with Gasteiger partial charge in [0.05, 0.1) is 0 Å². The summed E-state index contributed by atoms with van der Waals surface area (Å²) in [6, 6.07) is 7.34. The van der Waals surface area contributed by atoms with Gasteiger partial charge in [-0.15, -0.1) is 0 Å². The fraction of sp³-hybridized carbons (Fsp3) is 0.625. The van der Waals surface area contributed by atoms with Crippen LogP contribution in [0.3, 0.4) is 0 Å². The lowest BCUT2D eigenvalue weighted by molar-refractivity contribution is 0.437. The standard InChI is InChI=1S/C16H25Br2N/c1-4-5-6-7-8-12(2)19-13(3)15-10-9-14(17)11-16(15)18/h9-13,19H,4-8H2,1-3H3. The summed E-state index contributed by atoms with van der Waals surface area (Å²) in [6.07, 6.45) is 6.62. The molecule has 0 radical (unpaired) electrons. The summed E-state index contributed by atoms with van der Waals surface area (Å²) in [6.45, 7) is 6.78. The smallest absolute Gasteiger partial charge is 0.0305 e. The van der Waals surface area contributed by atoms with Crippen LogP contribution in [0.15, 0.2) is 27.1 Å². The molecule has 1 rings (SSSR count). The zero-order valence-electron chi connectivity index (χ0n) is 12.2. The summed E-state index contributed by atoms with van der Waals surface area (Å²) in [7, 11) is 0. The second-order valence-corrected chi connectivity index (χ2v) is 7.07. The van der Waals surface area contributed by atoms with Gasteiger partial charge in [-0.25, -0.2) is 0 Å². The molecule has 0 aliphatic heterocycles. The fourth-order valence-electron chi connectivity index (χ4n) is 2.33. The molecule has 0 heterocycles. The number of nitrogens with one attached hydrogen (secondary N) is 1. The Kier molecular flexibility index (Phi) is 8.27. The maximum Gasteiger partial charge on any atom is 0.0305 e. The molecule has 0 bridgehead atoms. The molecule has 0 amide bonds. The van der Waals surface area contributed by atoms with Crippen molar-refractivity contribution in [2.45, 2.75) is 65.0 Å². The average molecular weight is 391 g/mol. The van der Waals surface area contributed by atoms with Gasteiger partial charge in [0.15, 0.2) is 0 Å². The van der Waals surface area contributed by atoms with E-state index in [9.17, 15) is 0 Å². The molecule has 0 spiro atoms. The number of rotatable bonds is 8. The lowest BCUT2D eigenvalue weighted by Gasteiger charge is -2.21. The van der Waals surface area contributed by atoms with Gasteiger partial charge in [0.2, 0.25) is 0 Å². The summed E-state index contributed by atoms with van der Waals surface area (Å²) in [5, 5.41) is 3.69. The first-order valence-corrected chi connectivity index (χ1v) is 8.84. The fourth-order valence-corrected chi connectivity index (χ4v) is 3.72. The van der Waals surface area contributed by atoms with Crippen LogP contribution in [0.25, 0.3) is 0 Å². The Morgan fingerprint density at radius 3 is 2.47 bits per heavy atom. The van der Waals surface area contributed by atoms with Crippen LogP contribution in [0.2, 0.25) is 0 Å². The van der Waals surface area contributed by atoms with E-state index in [-0.39, 0.29) is 0 Å². The molecule has 3 heteroatoms. The van der Waals surface area contributed by atoms with E-state index in [1.165, 1.54) is 42.1 Å². The Labute approximate surface area is 134 Å². The Bertz CT molecular complexity index is 379. The van der Waals surface area contributed by atoms with Gasteiger partial charge in [0, 0.05) is 21.0 Å². The van der Waals surface area contributed by atoms with Crippen LogP contribution in [0.4, 0.5) is 0 Å². The maximum atomic E-state index is 3.69. The zero-order valence-corrected chi connectivity index (χ0v) is 15.4. The van der Waals surface area contributed by atoms with E-state index in [0.29, 0.717) is 12.1 Å². The van der Waals surface area contributed by atoms with Gasteiger partial charge < -0.3 is 5.32 Å².